The summed E-state index contributed by atoms with van der Waals surface area (Å²) < 4.78 is 7.40. The van der Waals surface area contributed by atoms with Gasteiger partial charge in [-0.05, 0) is 43.4 Å². The number of pyridine rings is 1. The first kappa shape index (κ1) is 21.3. The zero-order valence-corrected chi connectivity index (χ0v) is 18.3. The Hall–Kier alpha value is -2.93. The van der Waals surface area contributed by atoms with Crippen LogP contribution in [0.3, 0.4) is 0 Å². The van der Waals surface area contributed by atoms with E-state index < -0.39 is 11.4 Å². The molecule has 1 aromatic carbocycles. The normalized spacial score (nSPS) is 20.0. The second-order valence-electron chi connectivity index (χ2n) is 8.84. The van der Waals surface area contributed by atoms with E-state index in [0.29, 0.717) is 17.7 Å². The fraction of sp³-hybridized carbons (Fsp3) is 0.458. The Labute approximate surface area is 181 Å². The summed E-state index contributed by atoms with van der Waals surface area (Å²) in [5.41, 5.74) is 3.32. The molecule has 1 N–H and O–H groups in total. The van der Waals surface area contributed by atoms with Crippen molar-refractivity contribution in [3.05, 3.63) is 51.3 Å². The number of aromatic nitrogens is 1. The van der Waals surface area contributed by atoms with Gasteiger partial charge in [0.2, 0.25) is 0 Å². The van der Waals surface area contributed by atoms with Crippen LogP contribution >= 0.6 is 0 Å². The van der Waals surface area contributed by atoms with Gasteiger partial charge in [-0.25, -0.2) is 4.79 Å². The van der Waals surface area contributed by atoms with Gasteiger partial charge in [0.05, 0.1) is 11.8 Å². The molecule has 2 aliphatic heterocycles. The van der Waals surface area contributed by atoms with Crippen LogP contribution in [0.25, 0.3) is 11.3 Å². The van der Waals surface area contributed by atoms with Gasteiger partial charge >= 0.3 is 5.97 Å². The monoisotopic (exact) mass is 424 g/mol. The van der Waals surface area contributed by atoms with Gasteiger partial charge in [0, 0.05) is 55.3 Å². The van der Waals surface area contributed by atoms with Crippen LogP contribution < -0.4 is 10.3 Å². The van der Waals surface area contributed by atoms with Gasteiger partial charge in [-0.3, -0.25) is 9.59 Å². The molecule has 7 nitrogen and oxygen atoms in total. The van der Waals surface area contributed by atoms with Crippen LogP contribution in [0.2, 0.25) is 0 Å². The van der Waals surface area contributed by atoms with Crippen molar-refractivity contribution in [2.24, 2.45) is 5.92 Å². The van der Waals surface area contributed by atoms with Crippen molar-refractivity contribution in [1.29, 1.82) is 0 Å². The molecule has 0 saturated carbocycles. The molecule has 3 heterocycles. The number of fused-ring (bicyclic) bond motifs is 3. The maximum absolute atomic E-state index is 12.6. The minimum Gasteiger partial charge on any atom is -0.477 e. The number of nitrogens with zero attached hydrogens (tertiary/aromatic N) is 2. The largest absolute Gasteiger partial charge is 0.477 e. The Morgan fingerprint density at radius 3 is 2.52 bits per heavy atom. The summed E-state index contributed by atoms with van der Waals surface area (Å²) in [6.45, 7) is 7.29. The van der Waals surface area contributed by atoms with Gasteiger partial charge in [0.1, 0.15) is 5.56 Å². The van der Waals surface area contributed by atoms with Gasteiger partial charge in [-0.2, -0.15) is 0 Å². The first-order chi connectivity index (χ1) is 14.7. The number of methoxy groups -OCH3 is 1. The van der Waals surface area contributed by atoms with Crippen LogP contribution in [0, 0.1) is 5.92 Å². The number of hydrogen-bond donors (Lipinski definition) is 1. The fourth-order valence-electron chi connectivity index (χ4n) is 4.80. The molecule has 2 atom stereocenters. The third kappa shape index (κ3) is 3.67. The topological polar surface area (TPSA) is 88.8 Å². The molecule has 0 bridgehead atoms. The SMILES string of the molecule is COC1CCN(c2cc3c(cc2C(C)=O)-c2cc(=O)c(C(=O)O)cn2C(C(C)C)C3)C1. The number of carbonyl (C=O) groups is 2. The van der Waals surface area contributed by atoms with Crippen molar-refractivity contribution in [3.63, 3.8) is 0 Å². The Kier molecular flexibility index (Phi) is 5.47. The minimum atomic E-state index is -1.23. The van der Waals surface area contributed by atoms with E-state index in [4.69, 9.17) is 4.74 Å². The predicted molar refractivity (Wildman–Crippen MR) is 118 cm³/mol. The number of benzene rings is 1. The molecule has 1 aromatic heterocycles. The molecule has 0 amide bonds. The molecule has 0 aliphatic carbocycles. The van der Waals surface area contributed by atoms with E-state index in [9.17, 15) is 19.5 Å². The van der Waals surface area contributed by atoms with E-state index in [1.54, 1.807) is 14.0 Å². The molecule has 2 aromatic rings. The highest BCUT2D eigenvalue weighted by Gasteiger charge is 2.31. The van der Waals surface area contributed by atoms with Crippen molar-refractivity contribution >= 4 is 17.4 Å². The summed E-state index contributed by atoms with van der Waals surface area (Å²) >= 11 is 0. The first-order valence-corrected chi connectivity index (χ1v) is 10.7. The molecule has 2 unspecified atom stereocenters. The van der Waals surface area contributed by atoms with E-state index in [1.165, 1.54) is 12.3 Å². The summed E-state index contributed by atoms with van der Waals surface area (Å²) in [7, 11) is 1.71. The number of rotatable bonds is 5. The lowest BCUT2D eigenvalue weighted by Crippen LogP contribution is -2.29. The number of Topliss-reactive ketones (excluding diaryl/α,β-unsaturated/α-hetero) is 1. The van der Waals surface area contributed by atoms with Crippen LogP contribution in [0.1, 0.15) is 59.5 Å². The molecule has 0 spiro atoms. The van der Waals surface area contributed by atoms with E-state index in [-0.39, 0.29) is 29.4 Å². The second-order valence-corrected chi connectivity index (χ2v) is 8.84. The van der Waals surface area contributed by atoms with E-state index in [0.717, 1.165) is 36.3 Å². The van der Waals surface area contributed by atoms with Crippen molar-refractivity contribution in [2.75, 3.05) is 25.1 Å². The highest BCUT2D eigenvalue weighted by atomic mass is 16.5. The number of ether oxygens (including phenoxy) is 1. The standard InChI is InChI=1S/C24H28N2O5/c1-13(2)20-7-15-8-21(25-6-5-16(11-25)31-4)17(14(3)27)9-18(15)22-10-23(28)19(24(29)30)12-26(20)22/h8-10,12-13,16,20H,5-7,11H2,1-4H3,(H,29,30). The summed E-state index contributed by atoms with van der Waals surface area (Å²) in [6.07, 6.45) is 3.22. The number of ketones is 1. The fourth-order valence-corrected chi connectivity index (χ4v) is 4.80. The smallest absolute Gasteiger partial charge is 0.341 e. The average Bonchev–Trinajstić information content (AvgIpc) is 3.20. The zero-order valence-electron chi connectivity index (χ0n) is 18.3. The summed E-state index contributed by atoms with van der Waals surface area (Å²) in [6, 6.07) is 5.37. The maximum atomic E-state index is 12.6. The number of carboxylic acid groups (broad SMARTS) is 1. The number of carbonyl (C=O) groups excluding carboxylic acids is 1. The quantitative estimate of drug-likeness (QED) is 0.740. The minimum absolute atomic E-state index is 0.0162. The predicted octanol–water partition coefficient (Wildman–Crippen LogP) is 3.39. The van der Waals surface area contributed by atoms with Gasteiger partial charge in [-0.1, -0.05) is 13.8 Å². The maximum Gasteiger partial charge on any atom is 0.341 e. The molecular formula is C24H28N2O5. The van der Waals surface area contributed by atoms with E-state index >= 15 is 0 Å². The molecular weight excluding hydrogens is 396 g/mol. The lowest BCUT2D eigenvalue weighted by Gasteiger charge is -2.34. The van der Waals surface area contributed by atoms with Crippen molar-refractivity contribution in [2.45, 2.75) is 45.8 Å². The lowest BCUT2D eigenvalue weighted by molar-refractivity contribution is 0.0694. The molecule has 0 radical (unpaired) electrons. The molecule has 164 valence electrons. The highest BCUT2D eigenvalue weighted by Crippen LogP contribution is 2.41. The van der Waals surface area contributed by atoms with Crippen molar-refractivity contribution < 1.29 is 19.4 Å². The van der Waals surface area contributed by atoms with Crippen LogP contribution in [0.5, 0.6) is 0 Å². The van der Waals surface area contributed by atoms with Crippen LogP contribution in [-0.2, 0) is 11.2 Å². The molecule has 31 heavy (non-hydrogen) atoms. The molecule has 2 aliphatic rings. The Bertz CT molecular complexity index is 1120. The molecule has 7 heteroatoms. The number of carboxylic acids is 1. The summed E-state index contributed by atoms with van der Waals surface area (Å²) in [5.74, 6) is -1.03. The number of anilines is 1. The molecule has 1 saturated heterocycles. The zero-order chi connectivity index (χ0) is 22.4. The average molecular weight is 424 g/mol. The second kappa shape index (κ2) is 7.96. The van der Waals surface area contributed by atoms with Gasteiger partial charge in [0.15, 0.2) is 11.2 Å². The van der Waals surface area contributed by atoms with Gasteiger partial charge in [0.25, 0.3) is 0 Å². The third-order valence-corrected chi connectivity index (χ3v) is 6.56. The highest BCUT2D eigenvalue weighted by molar-refractivity contribution is 6.01. The Morgan fingerprint density at radius 1 is 1.19 bits per heavy atom. The van der Waals surface area contributed by atoms with E-state index in [1.807, 2.05) is 10.6 Å². The van der Waals surface area contributed by atoms with Crippen molar-refractivity contribution in [1.82, 2.24) is 4.57 Å². The Balaban J connectivity index is 1.91. The van der Waals surface area contributed by atoms with Gasteiger partial charge in [-0.15, -0.1) is 0 Å². The van der Waals surface area contributed by atoms with Crippen LogP contribution in [0.4, 0.5) is 5.69 Å². The van der Waals surface area contributed by atoms with Crippen molar-refractivity contribution in [3.8, 4) is 11.3 Å². The van der Waals surface area contributed by atoms with Crippen LogP contribution in [0.15, 0.2) is 29.2 Å². The van der Waals surface area contributed by atoms with Gasteiger partial charge < -0.3 is 19.3 Å². The number of aromatic carboxylic acids is 1. The Morgan fingerprint density at radius 2 is 1.94 bits per heavy atom. The molecule has 4 rings (SSSR count). The lowest BCUT2D eigenvalue weighted by atomic mass is 9.85. The first-order valence-electron chi connectivity index (χ1n) is 10.7. The summed E-state index contributed by atoms with van der Waals surface area (Å²) in [5, 5.41) is 9.43. The summed E-state index contributed by atoms with van der Waals surface area (Å²) in [4.78, 5) is 38.8. The van der Waals surface area contributed by atoms with E-state index in [2.05, 4.69) is 24.8 Å². The third-order valence-electron chi connectivity index (χ3n) is 6.56. The van der Waals surface area contributed by atoms with Crippen LogP contribution in [-0.4, -0.2) is 47.7 Å². The number of hydrogen-bond acceptors (Lipinski definition) is 5. The molecule has 1 fully saturated rings.